The van der Waals surface area contributed by atoms with Gasteiger partial charge in [0, 0.05) is 5.56 Å². The first kappa shape index (κ1) is 11.5. The van der Waals surface area contributed by atoms with Crippen LogP contribution in [0.3, 0.4) is 0 Å². The maximum Gasteiger partial charge on any atom is 0.348 e. The van der Waals surface area contributed by atoms with Gasteiger partial charge < -0.3 is 11.1 Å². The predicted octanol–water partition coefficient (Wildman–Crippen LogP) is 0.631. The molecular weight excluding hydrogens is 244 g/mol. The van der Waals surface area contributed by atoms with Gasteiger partial charge in [-0.05, 0) is 12.0 Å². The molecule has 19 heavy (non-hydrogen) atoms. The molecule has 0 radical (unpaired) electrons. The highest BCUT2D eigenvalue weighted by Crippen LogP contribution is 2.31. The second-order valence-corrected chi connectivity index (χ2v) is 4.44. The standard InChI is InChI=1S/C13H12N4O2/c14-10-9-6-8(7-4-2-1-3-5-7)12(18)16-11(9)17-13(19)15-10/h1-5,8H,6H2,(H4,14,15,16,17,18,19). The smallest absolute Gasteiger partial charge is 0.348 e. The number of nitrogen functional groups attached to an aromatic ring is 1. The van der Waals surface area contributed by atoms with Gasteiger partial charge in [-0.1, -0.05) is 30.3 Å². The van der Waals surface area contributed by atoms with Gasteiger partial charge in [0.1, 0.15) is 11.6 Å². The lowest BCUT2D eigenvalue weighted by atomic mass is 9.89. The molecule has 2 heterocycles. The van der Waals surface area contributed by atoms with Crippen LogP contribution in [-0.2, 0) is 11.2 Å². The zero-order valence-electron chi connectivity index (χ0n) is 10.0. The first-order valence-corrected chi connectivity index (χ1v) is 5.89. The van der Waals surface area contributed by atoms with Crippen LogP contribution < -0.4 is 16.7 Å². The number of hydrogen-bond donors (Lipinski definition) is 3. The molecule has 0 saturated heterocycles. The molecule has 0 spiro atoms. The summed E-state index contributed by atoms with van der Waals surface area (Å²) in [6.07, 6.45) is 0.431. The number of aromatic nitrogens is 2. The van der Waals surface area contributed by atoms with E-state index < -0.39 is 5.69 Å². The lowest BCUT2D eigenvalue weighted by Crippen LogP contribution is -2.32. The van der Waals surface area contributed by atoms with Crippen LogP contribution in [-0.4, -0.2) is 15.9 Å². The summed E-state index contributed by atoms with van der Waals surface area (Å²) >= 11 is 0. The third-order valence-electron chi connectivity index (χ3n) is 3.23. The molecule has 1 atom stereocenters. The predicted molar refractivity (Wildman–Crippen MR) is 70.8 cm³/mol. The van der Waals surface area contributed by atoms with Gasteiger partial charge in [0.15, 0.2) is 0 Å². The number of fused-ring (bicyclic) bond motifs is 1. The third-order valence-corrected chi connectivity index (χ3v) is 3.23. The molecule has 1 aromatic carbocycles. The van der Waals surface area contributed by atoms with E-state index in [0.29, 0.717) is 12.0 Å². The number of hydrogen-bond acceptors (Lipinski definition) is 4. The molecule has 0 bridgehead atoms. The quantitative estimate of drug-likeness (QED) is 0.696. The van der Waals surface area contributed by atoms with E-state index in [0.717, 1.165) is 5.56 Å². The third kappa shape index (κ3) is 1.97. The number of nitrogens with two attached hydrogens (primary N) is 1. The number of aromatic amines is 1. The van der Waals surface area contributed by atoms with Crippen LogP contribution in [0.25, 0.3) is 0 Å². The molecule has 1 unspecified atom stereocenters. The van der Waals surface area contributed by atoms with E-state index in [-0.39, 0.29) is 23.5 Å². The van der Waals surface area contributed by atoms with Crippen LogP contribution in [0.1, 0.15) is 17.0 Å². The number of benzene rings is 1. The summed E-state index contributed by atoms with van der Waals surface area (Å²) < 4.78 is 0. The van der Waals surface area contributed by atoms with Crippen molar-refractivity contribution in [3.63, 3.8) is 0 Å². The van der Waals surface area contributed by atoms with Gasteiger partial charge in [0.05, 0.1) is 5.92 Å². The Hall–Kier alpha value is -2.63. The van der Waals surface area contributed by atoms with Crippen LogP contribution in [0.5, 0.6) is 0 Å². The maximum absolute atomic E-state index is 12.1. The molecule has 2 aromatic rings. The van der Waals surface area contributed by atoms with Crippen molar-refractivity contribution in [2.24, 2.45) is 0 Å². The summed E-state index contributed by atoms with van der Waals surface area (Å²) in [5, 5.41) is 2.64. The zero-order valence-corrected chi connectivity index (χ0v) is 10.0. The maximum atomic E-state index is 12.1. The summed E-state index contributed by atoms with van der Waals surface area (Å²) in [4.78, 5) is 29.5. The van der Waals surface area contributed by atoms with Crippen LogP contribution in [0.4, 0.5) is 11.6 Å². The lowest BCUT2D eigenvalue weighted by molar-refractivity contribution is -0.117. The van der Waals surface area contributed by atoms with Crippen molar-refractivity contribution in [3.05, 3.63) is 51.9 Å². The van der Waals surface area contributed by atoms with Crippen molar-refractivity contribution in [2.75, 3.05) is 11.1 Å². The molecule has 96 valence electrons. The summed E-state index contributed by atoms with van der Waals surface area (Å²) in [7, 11) is 0. The fraction of sp³-hybridized carbons (Fsp3) is 0.154. The number of carbonyl (C=O) groups excluding carboxylic acids is 1. The van der Waals surface area contributed by atoms with E-state index in [4.69, 9.17) is 5.73 Å². The summed E-state index contributed by atoms with van der Waals surface area (Å²) in [5.74, 6) is 0.0364. The molecule has 6 nitrogen and oxygen atoms in total. The van der Waals surface area contributed by atoms with Gasteiger partial charge >= 0.3 is 5.69 Å². The highest BCUT2D eigenvalue weighted by molar-refractivity contribution is 5.98. The Morgan fingerprint density at radius 1 is 1.21 bits per heavy atom. The van der Waals surface area contributed by atoms with Crippen LogP contribution in [0.15, 0.2) is 35.1 Å². The van der Waals surface area contributed by atoms with Gasteiger partial charge in [-0.15, -0.1) is 0 Å². The van der Waals surface area contributed by atoms with E-state index in [9.17, 15) is 9.59 Å². The molecule has 3 rings (SSSR count). The van der Waals surface area contributed by atoms with Gasteiger partial charge in [-0.2, -0.15) is 4.98 Å². The van der Waals surface area contributed by atoms with Crippen LogP contribution in [0.2, 0.25) is 0 Å². The van der Waals surface area contributed by atoms with Crippen molar-refractivity contribution in [1.29, 1.82) is 0 Å². The van der Waals surface area contributed by atoms with Crippen molar-refractivity contribution < 1.29 is 4.79 Å². The van der Waals surface area contributed by atoms with Crippen LogP contribution in [0, 0.1) is 0 Å². The number of carbonyl (C=O) groups is 1. The summed E-state index contributed by atoms with van der Waals surface area (Å²) in [6.45, 7) is 0. The van der Waals surface area contributed by atoms with Gasteiger partial charge in [-0.25, -0.2) is 4.79 Å². The number of rotatable bonds is 1. The Balaban J connectivity index is 2.05. The van der Waals surface area contributed by atoms with Crippen molar-refractivity contribution >= 4 is 17.5 Å². The monoisotopic (exact) mass is 256 g/mol. The van der Waals surface area contributed by atoms with Gasteiger partial charge in [-0.3, -0.25) is 9.78 Å². The Morgan fingerprint density at radius 2 is 1.95 bits per heavy atom. The first-order chi connectivity index (χ1) is 9.15. The number of H-pyrrole nitrogens is 1. The number of amides is 1. The normalized spacial score (nSPS) is 17.7. The fourth-order valence-electron chi connectivity index (χ4n) is 2.28. The molecule has 1 aromatic heterocycles. The number of anilines is 2. The Bertz CT molecular complexity index is 694. The van der Waals surface area contributed by atoms with E-state index in [2.05, 4.69) is 15.3 Å². The van der Waals surface area contributed by atoms with Gasteiger partial charge in [0.2, 0.25) is 5.91 Å². The molecule has 1 aliphatic heterocycles. The summed E-state index contributed by atoms with van der Waals surface area (Å²) in [5.41, 5.74) is 6.81. The van der Waals surface area contributed by atoms with Crippen molar-refractivity contribution in [3.8, 4) is 0 Å². The Morgan fingerprint density at radius 3 is 2.68 bits per heavy atom. The van der Waals surface area contributed by atoms with Gasteiger partial charge in [0.25, 0.3) is 0 Å². The average Bonchev–Trinajstić information content (AvgIpc) is 2.38. The number of nitrogens with one attached hydrogen (secondary N) is 2. The minimum Gasteiger partial charge on any atom is -0.385 e. The second-order valence-electron chi connectivity index (χ2n) is 4.44. The highest BCUT2D eigenvalue weighted by atomic mass is 16.2. The van der Waals surface area contributed by atoms with Crippen molar-refractivity contribution in [1.82, 2.24) is 9.97 Å². The molecule has 0 fully saturated rings. The molecule has 1 amide bonds. The van der Waals surface area contributed by atoms with E-state index in [1.165, 1.54) is 0 Å². The second kappa shape index (κ2) is 4.24. The highest BCUT2D eigenvalue weighted by Gasteiger charge is 2.30. The minimum atomic E-state index is -0.560. The van der Waals surface area contributed by atoms with Crippen LogP contribution >= 0.6 is 0 Å². The zero-order chi connectivity index (χ0) is 13.4. The lowest BCUT2D eigenvalue weighted by Gasteiger charge is -2.24. The molecule has 4 N–H and O–H groups in total. The SMILES string of the molecule is Nc1[nH]c(=O)nc2c1CC(c1ccccc1)C(=O)N2. The minimum absolute atomic E-state index is 0.170. The molecular formula is C13H12N4O2. The Kier molecular flexibility index (Phi) is 2.56. The van der Waals surface area contributed by atoms with E-state index >= 15 is 0 Å². The average molecular weight is 256 g/mol. The number of nitrogens with zero attached hydrogens (tertiary/aromatic N) is 1. The summed E-state index contributed by atoms with van der Waals surface area (Å²) in [6, 6.07) is 9.44. The topological polar surface area (TPSA) is 101 Å². The Labute approximate surface area is 108 Å². The van der Waals surface area contributed by atoms with E-state index in [1.807, 2.05) is 30.3 Å². The molecule has 0 aliphatic carbocycles. The first-order valence-electron chi connectivity index (χ1n) is 5.89. The van der Waals surface area contributed by atoms with Crippen molar-refractivity contribution in [2.45, 2.75) is 12.3 Å². The molecule has 1 aliphatic rings. The molecule has 0 saturated carbocycles. The van der Waals surface area contributed by atoms with E-state index in [1.54, 1.807) is 0 Å². The fourth-order valence-corrected chi connectivity index (χ4v) is 2.28. The molecule has 6 heteroatoms. The largest absolute Gasteiger partial charge is 0.385 e.